The third kappa shape index (κ3) is 3.18. The Morgan fingerprint density at radius 2 is 1.21 bits per heavy atom. The van der Waals surface area contributed by atoms with Gasteiger partial charge in [0.2, 0.25) is 29.0 Å². The third-order valence-corrected chi connectivity index (χ3v) is 8.16. The van der Waals surface area contributed by atoms with Crippen molar-refractivity contribution in [2.24, 2.45) is 11.8 Å². The second kappa shape index (κ2) is 8.41. The quantitative estimate of drug-likeness (QED) is 0.272. The summed E-state index contributed by atoms with van der Waals surface area (Å²) in [5, 5.41) is 0. The molecule has 3 aliphatic rings. The molecule has 2 saturated heterocycles. The van der Waals surface area contributed by atoms with E-state index in [1.807, 2.05) is 73.7 Å². The van der Waals surface area contributed by atoms with Crippen LogP contribution in [0.5, 0.6) is 0 Å². The standard InChI is InChI=1S/C33H23NO5/c1-19-11-13-22(14-12-19)28-26-27(33(39-28)29(35)24-9-5-6-10-25(24)30(33)36)32(38)34(31(26)37)23-17-15-21(16-18-23)20-7-3-2-4-8-20/h2-18,26-28H,1H3/t26-,27+,28-/m0/s1. The number of ketones is 2. The van der Waals surface area contributed by atoms with Gasteiger partial charge in [0.05, 0.1) is 23.6 Å². The van der Waals surface area contributed by atoms with E-state index in [1.54, 1.807) is 36.4 Å². The second-order valence-electron chi connectivity index (χ2n) is 10.3. The predicted octanol–water partition coefficient (Wildman–Crippen LogP) is 5.36. The summed E-state index contributed by atoms with van der Waals surface area (Å²) in [5.41, 5.74) is 2.36. The normalized spacial score (nSPS) is 23.0. The van der Waals surface area contributed by atoms with Gasteiger partial charge in [-0.25, -0.2) is 4.90 Å². The fraction of sp³-hybridized carbons (Fsp3) is 0.152. The van der Waals surface area contributed by atoms with E-state index in [4.69, 9.17) is 4.74 Å². The summed E-state index contributed by atoms with van der Waals surface area (Å²) in [6.07, 6.45) is -0.928. The van der Waals surface area contributed by atoms with Gasteiger partial charge < -0.3 is 4.74 Å². The number of benzene rings is 4. The number of ether oxygens (including phenoxy) is 1. The van der Waals surface area contributed by atoms with Gasteiger partial charge in [-0.1, -0.05) is 96.6 Å². The van der Waals surface area contributed by atoms with Crippen molar-refractivity contribution < 1.29 is 23.9 Å². The van der Waals surface area contributed by atoms with E-state index in [0.29, 0.717) is 11.3 Å². The van der Waals surface area contributed by atoms with Crippen molar-refractivity contribution in [3.63, 3.8) is 0 Å². The molecule has 6 heteroatoms. The van der Waals surface area contributed by atoms with Crippen LogP contribution in [0.25, 0.3) is 11.1 Å². The van der Waals surface area contributed by atoms with Gasteiger partial charge in [0.1, 0.15) is 0 Å². The number of carbonyl (C=O) groups excluding carboxylic acids is 4. The fourth-order valence-corrected chi connectivity index (χ4v) is 6.26. The Hall–Kier alpha value is -4.68. The summed E-state index contributed by atoms with van der Waals surface area (Å²) < 4.78 is 6.34. The first-order valence-corrected chi connectivity index (χ1v) is 12.9. The molecule has 1 aliphatic carbocycles. The molecule has 7 rings (SSSR count). The lowest BCUT2D eigenvalue weighted by molar-refractivity contribution is -0.127. The summed E-state index contributed by atoms with van der Waals surface area (Å²) in [6, 6.07) is 30.8. The van der Waals surface area contributed by atoms with E-state index in [9.17, 15) is 19.2 Å². The first kappa shape index (κ1) is 23.4. The van der Waals surface area contributed by atoms with Crippen molar-refractivity contribution >= 4 is 29.1 Å². The number of nitrogens with zero attached hydrogens (tertiary/aromatic N) is 1. The fourth-order valence-electron chi connectivity index (χ4n) is 6.26. The zero-order valence-corrected chi connectivity index (χ0v) is 21.0. The van der Waals surface area contributed by atoms with Crippen molar-refractivity contribution in [2.45, 2.75) is 18.6 Å². The highest BCUT2D eigenvalue weighted by Crippen LogP contribution is 2.57. The Bertz CT molecular complexity index is 1640. The maximum atomic E-state index is 14.1. The monoisotopic (exact) mass is 513 g/mol. The predicted molar refractivity (Wildman–Crippen MR) is 144 cm³/mol. The largest absolute Gasteiger partial charge is 0.349 e. The number of fused-ring (bicyclic) bond motifs is 3. The SMILES string of the molecule is Cc1ccc([C@@H]2OC3(C(=O)c4ccccc4C3=O)[C@H]3C(=O)N(c4ccc(-c5ccccc5)cc4)C(=O)[C@H]23)cc1. The zero-order chi connectivity index (χ0) is 26.9. The molecule has 0 radical (unpaired) electrons. The van der Waals surface area contributed by atoms with Crippen LogP contribution < -0.4 is 4.90 Å². The Labute approximate surface area is 224 Å². The molecule has 4 aromatic rings. The summed E-state index contributed by atoms with van der Waals surface area (Å²) in [6.45, 7) is 1.94. The molecule has 190 valence electrons. The summed E-state index contributed by atoms with van der Waals surface area (Å²) >= 11 is 0. The Kier molecular flexibility index (Phi) is 5.06. The van der Waals surface area contributed by atoms with Crippen molar-refractivity contribution in [3.05, 3.63) is 125 Å². The molecule has 2 fully saturated rings. The molecule has 39 heavy (non-hydrogen) atoms. The van der Waals surface area contributed by atoms with E-state index in [2.05, 4.69) is 0 Å². The van der Waals surface area contributed by atoms with Crippen LogP contribution in [0, 0.1) is 18.8 Å². The Morgan fingerprint density at radius 1 is 0.641 bits per heavy atom. The van der Waals surface area contributed by atoms with Crippen LogP contribution in [0.3, 0.4) is 0 Å². The van der Waals surface area contributed by atoms with Crippen molar-refractivity contribution in [1.82, 2.24) is 0 Å². The second-order valence-corrected chi connectivity index (χ2v) is 10.3. The highest BCUT2D eigenvalue weighted by atomic mass is 16.5. The van der Waals surface area contributed by atoms with E-state index in [-0.39, 0.29) is 11.1 Å². The lowest BCUT2D eigenvalue weighted by Gasteiger charge is -2.27. The van der Waals surface area contributed by atoms with Crippen LogP contribution in [0.2, 0.25) is 0 Å². The Morgan fingerprint density at radius 3 is 1.82 bits per heavy atom. The van der Waals surface area contributed by atoms with Crippen molar-refractivity contribution in [2.75, 3.05) is 4.90 Å². The van der Waals surface area contributed by atoms with E-state index in [0.717, 1.165) is 21.6 Å². The van der Waals surface area contributed by atoms with Gasteiger partial charge >= 0.3 is 0 Å². The maximum absolute atomic E-state index is 14.1. The van der Waals surface area contributed by atoms with Crippen LogP contribution in [-0.4, -0.2) is 29.0 Å². The summed E-state index contributed by atoms with van der Waals surface area (Å²) in [5.74, 6) is -4.47. The topological polar surface area (TPSA) is 80.8 Å². The average molecular weight is 514 g/mol. The van der Waals surface area contributed by atoms with Gasteiger partial charge in [0.25, 0.3) is 0 Å². The van der Waals surface area contributed by atoms with E-state index in [1.165, 1.54) is 0 Å². The molecule has 6 nitrogen and oxygen atoms in total. The molecule has 0 saturated carbocycles. The number of aryl methyl sites for hydroxylation is 1. The highest BCUT2D eigenvalue weighted by Gasteiger charge is 2.74. The van der Waals surface area contributed by atoms with Crippen molar-refractivity contribution in [3.8, 4) is 11.1 Å². The minimum atomic E-state index is -2.07. The van der Waals surface area contributed by atoms with Crippen LogP contribution in [0.1, 0.15) is 37.9 Å². The first-order valence-electron chi connectivity index (χ1n) is 12.9. The molecule has 0 N–H and O–H groups in total. The molecule has 3 atom stereocenters. The van der Waals surface area contributed by atoms with E-state index >= 15 is 0 Å². The molecule has 2 heterocycles. The average Bonchev–Trinajstić information content (AvgIpc) is 3.54. The van der Waals surface area contributed by atoms with Gasteiger partial charge in [-0.05, 0) is 35.7 Å². The number of rotatable bonds is 3. The van der Waals surface area contributed by atoms with Gasteiger partial charge in [-0.3, -0.25) is 19.2 Å². The molecular weight excluding hydrogens is 490 g/mol. The minimum absolute atomic E-state index is 0.219. The van der Waals surface area contributed by atoms with Crippen LogP contribution in [-0.2, 0) is 14.3 Å². The molecule has 0 aromatic heterocycles. The molecule has 0 bridgehead atoms. The molecule has 0 unspecified atom stereocenters. The summed E-state index contributed by atoms with van der Waals surface area (Å²) in [4.78, 5) is 57.0. The van der Waals surface area contributed by atoms with Gasteiger partial charge in [0.15, 0.2) is 0 Å². The van der Waals surface area contributed by atoms with Crippen LogP contribution >= 0.6 is 0 Å². The molecule has 2 aliphatic heterocycles. The Balaban J connectivity index is 1.34. The maximum Gasteiger partial charge on any atom is 0.241 e. The van der Waals surface area contributed by atoms with Crippen LogP contribution in [0.15, 0.2) is 103 Å². The lowest BCUT2D eigenvalue weighted by atomic mass is 9.77. The van der Waals surface area contributed by atoms with Gasteiger partial charge in [-0.15, -0.1) is 0 Å². The molecule has 4 aromatic carbocycles. The number of anilines is 1. The summed E-state index contributed by atoms with van der Waals surface area (Å²) in [7, 11) is 0. The van der Waals surface area contributed by atoms with Gasteiger partial charge in [0, 0.05) is 11.1 Å². The third-order valence-electron chi connectivity index (χ3n) is 8.16. The van der Waals surface area contributed by atoms with Crippen LogP contribution in [0.4, 0.5) is 5.69 Å². The van der Waals surface area contributed by atoms with Crippen molar-refractivity contribution in [1.29, 1.82) is 0 Å². The number of Topliss-reactive ketones (excluding diaryl/α,β-unsaturated/α-hetero) is 2. The number of imide groups is 1. The molecular formula is C33H23NO5. The number of hydrogen-bond acceptors (Lipinski definition) is 5. The van der Waals surface area contributed by atoms with Gasteiger partial charge in [-0.2, -0.15) is 0 Å². The number of hydrogen-bond donors (Lipinski definition) is 0. The zero-order valence-electron chi connectivity index (χ0n) is 21.0. The number of carbonyl (C=O) groups is 4. The number of amides is 2. The smallest absolute Gasteiger partial charge is 0.241 e. The molecule has 1 spiro atoms. The minimum Gasteiger partial charge on any atom is -0.349 e. The molecule has 2 amide bonds. The van der Waals surface area contributed by atoms with E-state index < -0.39 is 46.9 Å². The lowest BCUT2D eigenvalue weighted by Crippen LogP contribution is -2.51. The highest BCUT2D eigenvalue weighted by molar-refractivity contribution is 6.37. The first-order chi connectivity index (χ1) is 18.9.